The number of rotatable bonds is 3. The largest absolute Gasteiger partial charge is 0.494 e. The van der Waals surface area contributed by atoms with Gasteiger partial charge in [-0.3, -0.25) is 4.79 Å². The molecule has 0 saturated heterocycles. The fourth-order valence-electron chi connectivity index (χ4n) is 1.32. The lowest BCUT2D eigenvalue weighted by atomic mass is 10.0. The molecule has 1 unspecified atom stereocenters. The Morgan fingerprint density at radius 3 is 2.60 bits per heavy atom. The van der Waals surface area contributed by atoms with E-state index in [-0.39, 0.29) is 11.3 Å². The summed E-state index contributed by atoms with van der Waals surface area (Å²) >= 11 is 0. The third-order valence-electron chi connectivity index (χ3n) is 2.23. The SMILES string of the molecule is COC(=O)C(C)c1cccc(OC)c1F. The van der Waals surface area contributed by atoms with Gasteiger partial charge in [0.1, 0.15) is 0 Å². The van der Waals surface area contributed by atoms with Gasteiger partial charge in [-0.15, -0.1) is 0 Å². The maximum atomic E-state index is 13.7. The van der Waals surface area contributed by atoms with Crippen molar-refractivity contribution in [1.29, 1.82) is 0 Å². The van der Waals surface area contributed by atoms with E-state index in [2.05, 4.69) is 4.74 Å². The van der Waals surface area contributed by atoms with Gasteiger partial charge in [0, 0.05) is 5.56 Å². The molecule has 0 heterocycles. The van der Waals surface area contributed by atoms with E-state index in [1.807, 2.05) is 0 Å². The van der Waals surface area contributed by atoms with E-state index in [0.717, 1.165) is 0 Å². The molecule has 0 aliphatic rings. The van der Waals surface area contributed by atoms with Crippen LogP contribution in [0.5, 0.6) is 5.75 Å². The van der Waals surface area contributed by atoms with Gasteiger partial charge < -0.3 is 9.47 Å². The van der Waals surface area contributed by atoms with Crippen molar-refractivity contribution in [1.82, 2.24) is 0 Å². The summed E-state index contributed by atoms with van der Waals surface area (Å²) in [6.07, 6.45) is 0. The normalized spacial score (nSPS) is 12.0. The predicted molar refractivity (Wildman–Crippen MR) is 53.4 cm³/mol. The number of ether oxygens (including phenoxy) is 2. The molecule has 1 aromatic carbocycles. The number of carbonyl (C=O) groups is 1. The first-order chi connectivity index (χ1) is 7.11. The van der Waals surface area contributed by atoms with Crippen LogP contribution in [0.3, 0.4) is 0 Å². The highest BCUT2D eigenvalue weighted by atomic mass is 19.1. The van der Waals surface area contributed by atoms with Crippen molar-refractivity contribution < 1.29 is 18.7 Å². The number of methoxy groups -OCH3 is 2. The predicted octanol–water partition coefficient (Wildman–Crippen LogP) is 2.11. The molecule has 0 aromatic heterocycles. The maximum absolute atomic E-state index is 13.7. The van der Waals surface area contributed by atoms with Crippen LogP contribution in [0.25, 0.3) is 0 Å². The first kappa shape index (κ1) is 11.5. The van der Waals surface area contributed by atoms with Crippen LogP contribution in [-0.2, 0) is 9.53 Å². The molecular formula is C11H13FO3. The first-order valence-corrected chi connectivity index (χ1v) is 4.52. The maximum Gasteiger partial charge on any atom is 0.312 e. The third-order valence-corrected chi connectivity index (χ3v) is 2.23. The standard InChI is InChI=1S/C11H13FO3/c1-7(11(13)15-3)8-5-4-6-9(14-2)10(8)12/h4-7H,1-3H3. The average Bonchev–Trinajstić information content (AvgIpc) is 2.27. The van der Waals surface area contributed by atoms with E-state index >= 15 is 0 Å². The number of benzene rings is 1. The lowest BCUT2D eigenvalue weighted by molar-refractivity contribution is -0.142. The number of hydrogen-bond donors (Lipinski definition) is 0. The monoisotopic (exact) mass is 212 g/mol. The van der Waals surface area contributed by atoms with Crippen molar-refractivity contribution in [3.05, 3.63) is 29.6 Å². The molecule has 0 spiro atoms. The Morgan fingerprint density at radius 2 is 2.07 bits per heavy atom. The Hall–Kier alpha value is -1.58. The Labute approximate surface area is 87.8 Å². The van der Waals surface area contributed by atoms with Crippen molar-refractivity contribution in [2.45, 2.75) is 12.8 Å². The van der Waals surface area contributed by atoms with Gasteiger partial charge in [-0.05, 0) is 13.0 Å². The molecule has 1 aromatic rings. The molecule has 15 heavy (non-hydrogen) atoms. The Bertz CT molecular complexity index is 363. The van der Waals surface area contributed by atoms with E-state index in [9.17, 15) is 9.18 Å². The van der Waals surface area contributed by atoms with Crippen molar-refractivity contribution in [3.8, 4) is 5.75 Å². The van der Waals surface area contributed by atoms with Crippen LogP contribution in [0.1, 0.15) is 18.4 Å². The summed E-state index contributed by atoms with van der Waals surface area (Å²) in [5.41, 5.74) is 0.279. The minimum atomic E-state index is -0.634. The van der Waals surface area contributed by atoms with Gasteiger partial charge in [0.15, 0.2) is 11.6 Å². The van der Waals surface area contributed by atoms with E-state index in [0.29, 0.717) is 0 Å². The Kier molecular flexibility index (Phi) is 3.66. The zero-order valence-electron chi connectivity index (χ0n) is 8.91. The van der Waals surface area contributed by atoms with Crippen LogP contribution in [0.2, 0.25) is 0 Å². The van der Waals surface area contributed by atoms with Crippen molar-refractivity contribution >= 4 is 5.97 Å². The van der Waals surface area contributed by atoms with Crippen LogP contribution < -0.4 is 4.74 Å². The van der Waals surface area contributed by atoms with E-state index in [1.54, 1.807) is 19.1 Å². The number of esters is 1. The lowest BCUT2D eigenvalue weighted by Crippen LogP contribution is -2.12. The quantitative estimate of drug-likeness (QED) is 0.720. The molecule has 0 aliphatic heterocycles. The van der Waals surface area contributed by atoms with E-state index < -0.39 is 17.7 Å². The number of halogens is 1. The first-order valence-electron chi connectivity index (χ1n) is 4.52. The Morgan fingerprint density at radius 1 is 1.40 bits per heavy atom. The second-order valence-electron chi connectivity index (χ2n) is 3.11. The number of carbonyl (C=O) groups excluding carboxylic acids is 1. The van der Waals surface area contributed by atoms with Crippen molar-refractivity contribution in [2.24, 2.45) is 0 Å². The molecule has 1 rings (SSSR count). The molecule has 0 amide bonds. The molecule has 82 valence electrons. The van der Waals surface area contributed by atoms with Gasteiger partial charge in [-0.25, -0.2) is 4.39 Å². The van der Waals surface area contributed by atoms with Crippen molar-refractivity contribution in [3.63, 3.8) is 0 Å². The molecule has 4 heteroatoms. The molecular weight excluding hydrogens is 199 g/mol. The van der Waals surface area contributed by atoms with Gasteiger partial charge in [0.05, 0.1) is 20.1 Å². The topological polar surface area (TPSA) is 35.5 Å². The highest BCUT2D eigenvalue weighted by Crippen LogP contribution is 2.26. The molecule has 0 bridgehead atoms. The van der Waals surface area contributed by atoms with Gasteiger partial charge in [-0.1, -0.05) is 12.1 Å². The summed E-state index contributed by atoms with van der Waals surface area (Å²) in [7, 11) is 2.65. The summed E-state index contributed by atoms with van der Waals surface area (Å²) in [4.78, 5) is 11.2. The van der Waals surface area contributed by atoms with Crippen LogP contribution >= 0.6 is 0 Å². The van der Waals surface area contributed by atoms with Crippen LogP contribution in [-0.4, -0.2) is 20.2 Å². The van der Waals surface area contributed by atoms with Gasteiger partial charge in [-0.2, -0.15) is 0 Å². The second-order valence-corrected chi connectivity index (χ2v) is 3.11. The van der Waals surface area contributed by atoms with Crippen LogP contribution in [0.15, 0.2) is 18.2 Å². The molecule has 1 atom stereocenters. The van der Waals surface area contributed by atoms with Crippen LogP contribution in [0.4, 0.5) is 4.39 Å². The van der Waals surface area contributed by atoms with E-state index in [4.69, 9.17) is 4.74 Å². The zero-order chi connectivity index (χ0) is 11.4. The summed E-state index contributed by atoms with van der Waals surface area (Å²) in [5.74, 6) is -1.49. The van der Waals surface area contributed by atoms with Crippen molar-refractivity contribution in [2.75, 3.05) is 14.2 Å². The molecule has 3 nitrogen and oxygen atoms in total. The third kappa shape index (κ3) is 2.26. The van der Waals surface area contributed by atoms with E-state index in [1.165, 1.54) is 20.3 Å². The summed E-state index contributed by atoms with van der Waals surface area (Å²) in [5, 5.41) is 0. The fraction of sp³-hybridized carbons (Fsp3) is 0.364. The summed E-state index contributed by atoms with van der Waals surface area (Å²) in [6, 6.07) is 4.68. The average molecular weight is 212 g/mol. The van der Waals surface area contributed by atoms with Gasteiger partial charge in [0.2, 0.25) is 0 Å². The van der Waals surface area contributed by atoms with Gasteiger partial charge in [0.25, 0.3) is 0 Å². The minimum Gasteiger partial charge on any atom is -0.494 e. The Balaban J connectivity index is 3.09. The van der Waals surface area contributed by atoms with Gasteiger partial charge >= 0.3 is 5.97 Å². The lowest BCUT2D eigenvalue weighted by Gasteiger charge is -2.12. The summed E-state index contributed by atoms with van der Waals surface area (Å²) in [6.45, 7) is 1.59. The highest BCUT2D eigenvalue weighted by Gasteiger charge is 2.21. The molecule has 0 aliphatic carbocycles. The summed E-state index contributed by atoms with van der Waals surface area (Å²) < 4.78 is 23.1. The minimum absolute atomic E-state index is 0.128. The second kappa shape index (κ2) is 4.77. The zero-order valence-corrected chi connectivity index (χ0v) is 8.91. The molecule has 0 saturated carbocycles. The molecule has 0 N–H and O–H groups in total. The molecule has 0 radical (unpaired) electrons. The van der Waals surface area contributed by atoms with Crippen LogP contribution in [0, 0.1) is 5.82 Å². The highest BCUT2D eigenvalue weighted by molar-refractivity contribution is 5.77. The smallest absolute Gasteiger partial charge is 0.312 e. The fourth-order valence-corrected chi connectivity index (χ4v) is 1.32. The molecule has 0 fully saturated rings. The number of hydrogen-bond acceptors (Lipinski definition) is 3.